The standard InChI is InChI=1S/C26H21N5O5/c1-15-12-16(2)22-20(13-15)23(26(34)28-22)29-30-25(33)21(27-24(32)18-6-4-3-5-7-18)14-17-8-10-19(11-9-17)31(35)36/h3-14,28,34H,1-2H3,(H,27,32)/b21-14+,30-29?. The number of nitrogens with one attached hydrogen (secondary N) is 2. The number of nitrogens with zero attached hydrogens (tertiary/aromatic N) is 3. The van der Waals surface area contributed by atoms with Crippen molar-refractivity contribution in [3.05, 3.63) is 105 Å². The van der Waals surface area contributed by atoms with Crippen LogP contribution < -0.4 is 5.32 Å². The number of hydrogen-bond donors (Lipinski definition) is 3. The number of rotatable bonds is 6. The Kier molecular flexibility index (Phi) is 6.68. The van der Waals surface area contributed by atoms with Crippen molar-refractivity contribution in [3.8, 4) is 5.88 Å². The Labute approximate surface area is 205 Å². The van der Waals surface area contributed by atoms with Gasteiger partial charge in [0.25, 0.3) is 11.6 Å². The summed E-state index contributed by atoms with van der Waals surface area (Å²) in [6.45, 7) is 3.77. The van der Waals surface area contributed by atoms with Crippen LogP contribution in [-0.4, -0.2) is 26.8 Å². The van der Waals surface area contributed by atoms with Crippen molar-refractivity contribution >= 4 is 40.2 Å². The van der Waals surface area contributed by atoms with Gasteiger partial charge in [0.05, 0.1) is 10.4 Å². The molecular formula is C26H21N5O5. The number of aromatic hydroxyl groups is 1. The summed E-state index contributed by atoms with van der Waals surface area (Å²) in [6, 6.07) is 17.5. The number of carbonyl (C=O) groups excluding carboxylic acids is 2. The minimum Gasteiger partial charge on any atom is -0.493 e. The molecule has 36 heavy (non-hydrogen) atoms. The molecule has 0 aliphatic rings. The Morgan fingerprint density at radius 1 is 1.06 bits per heavy atom. The molecule has 0 saturated carbocycles. The summed E-state index contributed by atoms with van der Waals surface area (Å²) >= 11 is 0. The van der Waals surface area contributed by atoms with Gasteiger partial charge in [0.2, 0.25) is 5.88 Å². The lowest BCUT2D eigenvalue weighted by molar-refractivity contribution is -0.384. The van der Waals surface area contributed by atoms with Crippen LogP contribution >= 0.6 is 0 Å². The summed E-state index contributed by atoms with van der Waals surface area (Å²) in [7, 11) is 0. The first-order valence-corrected chi connectivity index (χ1v) is 10.8. The second-order valence-electron chi connectivity index (χ2n) is 8.06. The molecule has 3 N–H and O–H groups in total. The first-order chi connectivity index (χ1) is 17.2. The van der Waals surface area contributed by atoms with Crippen LogP contribution in [0.1, 0.15) is 27.0 Å². The van der Waals surface area contributed by atoms with E-state index in [9.17, 15) is 24.8 Å². The average Bonchev–Trinajstić information content (AvgIpc) is 3.18. The average molecular weight is 483 g/mol. The number of aromatic amines is 1. The molecule has 1 aromatic heterocycles. The molecule has 0 saturated heterocycles. The Morgan fingerprint density at radius 3 is 2.42 bits per heavy atom. The molecule has 1 heterocycles. The zero-order valence-electron chi connectivity index (χ0n) is 19.4. The Balaban J connectivity index is 1.69. The quantitative estimate of drug-likeness (QED) is 0.144. The number of benzene rings is 3. The molecule has 0 aliphatic heterocycles. The number of azo groups is 1. The van der Waals surface area contributed by atoms with Crippen LogP contribution in [0.15, 0.2) is 82.7 Å². The third-order valence-corrected chi connectivity index (χ3v) is 5.37. The van der Waals surface area contributed by atoms with Gasteiger partial charge in [-0.1, -0.05) is 29.8 Å². The second-order valence-corrected chi connectivity index (χ2v) is 8.06. The highest BCUT2D eigenvalue weighted by atomic mass is 16.6. The van der Waals surface area contributed by atoms with Gasteiger partial charge >= 0.3 is 5.91 Å². The van der Waals surface area contributed by atoms with E-state index in [1.807, 2.05) is 26.0 Å². The summed E-state index contributed by atoms with van der Waals surface area (Å²) in [5.41, 5.74) is 3.01. The van der Waals surface area contributed by atoms with Crippen LogP contribution in [0.2, 0.25) is 0 Å². The molecule has 0 fully saturated rings. The van der Waals surface area contributed by atoms with Crippen molar-refractivity contribution in [2.75, 3.05) is 0 Å². The van der Waals surface area contributed by atoms with Crippen molar-refractivity contribution in [2.45, 2.75) is 13.8 Å². The first kappa shape index (κ1) is 24.0. The molecule has 0 aliphatic carbocycles. The number of amides is 2. The van der Waals surface area contributed by atoms with Crippen molar-refractivity contribution in [1.82, 2.24) is 10.3 Å². The van der Waals surface area contributed by atoms with E-state index in [4.69, 9.17) is 0 Å². The van der Waals surface area contributed by atoms with Crippen LogP contribution in [0.4, 0.5) is 11.4 Å². The topological polar surface area (TPSA) is 150 Å². The number of carbonyl (C=O) groups is 2. The van der Waals surface area contributed by atoms with E-state index in [0.29, 0.717) is 22.0 Å². The van der Waals surface area contributed by atoms with Crippen molar-refractivity contribution in [2.24, 2.45) is 10.2 Å². The summed E-state index contributed by atoms with van der Waals surface area (Å²) in [5, 5.41) is 32.1. The van der Waals surface area contributed by atoms with Crippen LogP contribution in [0, 0.1) is 24.0 Å². The molecule has 0 unspecified atom stereocenters. The zero-order chi connectivity index (χ0) is 25.8. The third kappa shape index (κ3) is 5.17. The zero-order valence-corrected chi connectivity index (χ0v) is 19.4. The van der Waals surface area contributed by atoms with E-state index in [1.54, 1.807) is 30.3 Å². The van der Waals surface area contributed by atoms with E-state index in [-0.39, 0.29) is 23.0 Å². The number of H-pyrrole nitrogens is 1. The lowest BCUT2D eigenvalue weighted by Gasteiger charge is -2.07. The minimum absolute atomic E-state index is 0.0919. The SMILES string of the molecule is Cc1cc(C)c2[nH]c(O)c(N=NC(=O)/C(=C\c3ccc([N+](=O)[O-])cc3)NC(=O)c3ccccc3)c2c1. The normalized spacial score (nSPS) is 11.7. The molecule has 10 heteroatoms. The maximum atomic E-state index is 13.0. The molecule has 0 spiro atoms. The lowest BCUT2D eigenvalue weighted by atomic mass is 10.1. The fourth-order valence-corrected chi connectivity index (χ4v) is 3.67. The predicted molar refractivity (Wildman–Crippen MR) is 134 cm³/mol. The molecule has 0 radical (unpaired) electrons. The fraction of sp³-hybridized carbons (Fsp3) is 0.0769. The van der Waals surface area contributed by atoms with E-state index in [2.05, 4.69) is 20.5 Å². The minimum atomic E-state index is -0.879. The van der Waals surface area contributed by atoms with Crippen LogP contribution in [-0.2, 0) is 4.79 Å². The van der Waals surface area contributed by atoms with Crippen LogP contribution in [0.5, 0.6) is 5.88 Å². The Morgan fingerprint density at radius 2 is 1.75 bits per heavy atom. The van der Waals surface area contributed by atoms with Gasteiger partial charge in [-0.15, -0.1) is 10.2 Å². The monoisotopic (exact) mass is 483 g/mol. The van der Waals surface area contributed by atoms with Crippen molar-refractivity contribution in [1.29, 1.82) is 0 Å². The molecule has 4 rings (SSSR count). The van der Waals surface area contributed by atoms with Gasteiger partial charge in [-0.3, -0.25) is 19.7 Å². The number of fused-ring (bicyclic) bond motifs is 1. The molecule has 180 valence electrons. The molecule has 3 aromatic carbocycles. The first-order valence-electron chi connectivity index (χ1n) is 10.8. The van der Waals surface area contributed by atoms with E-state index >= 15 is 0 Å². The van der Waals surface area contributed by atoms with Gasteiger partial charge < -0.3 is 15.4 Å². The molecular weight excluding hydrogens is 462 g/mol. The number of aryl methyl sites for hydroxylation is 2. The number of aromatic nitrogens is 1. The largest absolute Gasteiger partial charge is 0.493 e. The van der Waals surface area contributed by atoms with E-state index < -0.39 is 16.7 Å². The molecule has 4 aromatic rings. The second kappa shape index (κ2) is 10.0. The lowest BCUT2D eigenvalue weighted by Crippen LogP contribution is -2.26. The summed E-state index contributed by atoms with van der Waals surface area (Å²) in [5.74, 6) is -1.67. The van der Waals surface area contributed by atoms with Gasteiger partial charge in [0, 0.05) is 23.1 Å². The summed E-state index contributed by atoms with van der Waals surface area (Å²) in [4.78, 5) is 39.0. The van der Waals surface area contributed by atoms with Crippen LogP contribution in [0.25, 0.3) is 17.0 Å². The number of hydrogen-bond acceptors (Lipinski definition) is 6. The predicted octanol–water partition coefficient (Wildman–Crippen LogP) is 5.48. The van der Waals surface area contributed by atoms with Crippen LogP contribution in [0.3, 0.4) is 0 Å². The van der Waals surface area contributed by atoms with Gasteiger partial charge in [-0.05, 0) is 61.4 Å². The summed E-state index contributed by atoms with van der Waals surface area (Å²) < 4.78 is 0. The highest BCUT2D eigenvalue weighted by Gasteiger charge is 2.17. The number of nitro groups is 1. The summed E-state index contributed by atoms with van der Waals surface area (Å²) in [6.07, 6.45) is 1.34. The molecule has 0 atom stereocenters. The molecule has 10 nitrogen and oxygen atoms in total. The van der Waals surface area contributed by atoms with Crippen molar-refractivity contribution in [3.63, 3.8) is 0 Å². The highest BCUT2D eigenvalue weighted by molar-refractivity contribution is 6.05. The number of non-ortho nitro benzene ring substituents is 1. The Hall–Kier alpha value is -5.12. The highest BCUT2D eigenvalue weighted by Crippen LogP contribution is 2.37. The van der Waals surface area contributed by atoms with Gasteiger partial charge in [-0.25, -0.2) is 0 Å². The van der Waals surface area contributed by atoms with Gasteiger partial charge in [0.1, 0.15) is 5.70 Å². The number of nitro benzene ring substituents is 1. The third-order valence-electron chi connectivity index (χ3n) is 5.37. The Bertz CT molecular complexity index is 1540. The fourth-order valence-electron chi connectivity index (χ4n) is 3.67. The maximum Gasteiger partial charge on any atom is 0.311 e. The van der Waals surface area contributed by atoms with Gasteiger partial charge in [-0.2, -0.15) is 0 Å². The van der Waals surface area contributed by atoms with Crippen molar-refractivity contribution < 1.29 is 19.6 Å². The molecule has 0 bridgehead atoms. The maximum absolute atomic E-state index is 13.0. The van der Waals surface area contributed by atoms with E-state index in [1.165, 1.54) is 30.3 Å². The van der Waals surface area contributed by atoms with E-state index in [0.717, 1.165) is 11.1 Å². The van der Waals surface area contributed by atoms with Gasteiger partial charge in [0.15, 0.2) is 5.69 Å². The molecule has 2 amide bonds. The smallest absolute Gasteiger partial charge is 0.311 e.